The smallest absolute Gasteiger partial charge is 0.167 e. The summed E-state index contributed by atoms with van der Waals surface area (Å²) < 4.78 is 23.9. The van der Waals surface area contributed by atoms with Crippen molar-refractivity contribution in [2.75, 3.05) is 13.2 Å². The van der Waals surface area contributed by atoms with Crippen LogP contribution in [0.3, 0.4) is 0 Å². The molecule has 0 N–H and O–H groups in total. The number of Topliss-reactive ketones (excluding diaryl/α,β-unsaturated/α-hetero) is 1. The number of ether oxygens (including phenoxy) is 2. The fraction of sp³-hybridized carbons (Fsp3) is 0.188. The van der Waals surface area contributed by atoms with Gasteiger partial charge in [0.2, 0.25) is 0 Å². The van der Waals surface area contributed by atoms with Gasteiger partial charge in [0, 0.05) is 17.0 Å². The summed E-state index contributed by atoms with van der Waals surface area (Å²) in [6.45, 7) is 0.972. The normalized spacial score (nSPS) is 13.0. The van der Waals surface area contributed by atoms with Crippen molar-refractivity contribution in [3.63, 3.8) is 0 Å². The highest BCUT2D eigenvalue weighted by molar-refractivity contribution is 6.31. The Labute approximate surface area is 126 Å². The molecule has 1 aliphatic rings. The predicted molar refractivity (Wildman–Crippen MR) is 76.9 cm³/mol. The molecule has 0 atom stereocenters. The molecule has 108 valence electrons. The first-order chi connectivity index (χ1) is 10.1. The lowest BCUT2D eigenvalue weighted by molar-refractivity contribution is 0.0991. The van der Waals surface area contributed by atoms with Gasteiger partial charge in [0.15, 0.2) is 17.3 Å². The van der Waals surface area contributed by atoms with Gasteiger partial charge in [-0.05, 0) is 35.9 Å². The Morgan fingerprint density at radius 3 is 2.62 bits per heavy atom. The van der Waals surface area contributed by atoms with Gasteiger partial charge < -0.3 is 9.47 Å². The molecule has 0 aliphatic carbocycles. The van der Waals surface area contributed by atoms with Crippen molar-refractivity contribution in [2.45, 2.75) is 6.42 Å². The molecule has 3 rings (SSSR count). The number of hydrogen-bond acceptors (Lipinski definition) is 3. The average Bonchev–Trinajstić information content (AvgIpc) is 2.49. The molecule has 1 heterocycles. The van der Waals surface area contributed by atoms with Crippen molar-refractivity contribution in [1.29, 1.82) is 0 Å². The van der Waals surface area contributed by atoms with Crippen molar-refractivity contribution >= 4 is 17.4 Å². The van der Waals surface area contributed by atoms with E-state index in [1.807, 2.05) is 0 Å². The Balaban J connectivity index is 1.82. The van der Waals surface area contributed by atoms with E-state index >= 15 is 0 Å². The Morgan fingerprint density at radius 1 is 1.10 bits per heavy atom. The maximum Gasteiger partial charge on any atom is 0.167 e. The van der Waals surface area contributed by atoms with Gasteiger partial charge in [0.05, 0.1) is 0 Å². The minimum Gasteiger partial charge on any atom is -0.486 e. The number of carbonyl (C=O) groups excluding carboxylic acids is 1. The number of hydrogen-bond donors (Lipinski definition) is 0. The fourth-order valence-corrected chi connectivity index (χ4v) is 2.39. The monoisotopic (exact) mass is 306 g/mol. The maximum atomic E-state index is 13.0. The van der Waals surface area contributed by atoms with E-state index in [1.54, 1.807) is 18.2 Å². The molecule has 0 saturated heterocycles. The minimum atomic E-state index is -0.421. The van der Waals surface area contributed by atoms with Crippen LogP contribution in [0, 0.1) is 5.82 Å². The summed E-state index contributed by atoms with van der Waals surface area (Å²) in [5.41, 5.74) is 1.11. The van der Waals surface area contributed by atoms with Gasteiger partial charge in [-0.3, -0.25) is 4.79 Å². The summed E-state index contributed by atoms with van der Waals surface area (Å²) in [5.74, 6) is 0.672. The highest BCUT2D eigenvalue weighted by Gasteiger charge is 2.16. The molecule has 0 spiro atoms. The Bertz CT molecular complexity index is 700. The van der Waals surface area contributed by atoms with Crippen LogP contribution in [0.15, 0.2) is 36.4 Å². The molecule has 21 heavy (non-hydrogen) atoms. The first-order valence-electron chi connectivity index (χ1n) is 6.50. The van der Waals surface area contributed by atoms with Gasteiger partial charge >= 0.3 is 0 Å². The van der Waals surface area contributed by atoms with E-state index in [0.717, 1.165) is 0 Å². The van der Waals surface area contributed by atoms with Gasteiger partial charge in [0.25, 0.3) is 0 Å². The first kappa shape index (κ1) is 13.9. The largest absolute Gasteiger partial charge is 0.486 e. The van der Waals surface area contributed by atoms with Crippen LogP contribution >= 0.6 is 11.6 Å². The van der Waals surface area contributed by atoms with E-state index in [-0.39, 0.29) is 17.2 Å². The highest BCUT2D eigenvalue weighted by Crippen LogP contribution is 2.31. The lowest BCUT2D eigenvalue weighted by Gasteiger charge is -2.18. The average molecular weight is 307 g/mol. The lowest BCUT2D eigenvalue weighted by atomic mass is 10.0. The van der Waals surface area contributed by atoms with Crippen LogP contribution in [-0.2, 0) is 6.42 Å². The number of carbonyl (C=O) groups is 1. The van der Waals surface area contributed by atoms with Crippen LogP contribution in [0.25, 0.3) is 0 Å². The SMILES string of the molecule is O=C(Cc1ccc(F)cc1Cl)c1ccc2c(c1)OCCO2. The summed E-state index contributed by atoms with van der Waals surface area (Å²) in [4.78, 5) is 12.3. The van der Waals surface area contributed by atoms with Crippen molar-refractivity contribution < 1.29 is 18.7 Å². The fourth-order valence-electron chi connectivity index (χ4n) is 2.16. The summed E-state index contributed by atoms with van der Waals surface area (Å²) in [6.07, 6.45) is 0.110. The molecule has 0 amide bonds. The predicted octanol–water partition coefficient (Wildman–Crippen LogP) is 3.68. The summed E-state index contributed by atoms with van der Waals surface area (Å²) in [5, 5.41) is 0.251. The Morgan fingerprint density at radius 2 is 1.86 bits per heavy atom. The highest BCUT2D eigenvalue weighted by atomic mass is 35.5. The van der Waals surface area contributed by atoms with Crippen LogP contribution < -0.4 is 9.47 Å². The van der Waals surface area contributed by atoms with E-state index in [4.69, 9.17) is 21.1 Å². The summed E-state index contributed by atoms with van der Waals surface area (Å²) >= 11 is 5.94. The zero-order valence-corrected chi connectivity index (χ0v) is 11.8. The van der Waals surface area contributed by atoms with Gasteiger partial charge in [-0.1, -0.05) is 17.7 Å². The van der Waals surface area contributed by atoms with Crippen LogP contribution in [0.2, 0.25) is 5.02 Å². The molecule has 1 aliphatic heterocycles. The Hall–Kier alpha value is -2.07. The van der Waals surface area contributed by atoms with Crippen molar-refractivity contribution in [1.82, 2.24) is 0 Å². The first-order valence-corrected chi connectivity index (χ1v) is 6.88. The molecule has 0 saturated carbocycles. The van der Waals surface area contributed by atoms with Gasteiger partial charge in [-0.15, -0.1) is 0 Å². The van der Waals surface area contributed by atoms with Crippen LogP contribution in [-0.4, -0.2) is 19.0 Å². The van der Waals surface area contributed by atoms with Gasteiger partial charge in [-0.2, -0.15) is 0 Å². The quantitative estimate of drug-likeness (QED) is 0.812. The van der Waals surface area contributed by atoms with E-state index < -0.39 is 5.82 Å². The second-order valence-corrected chi connectivity index (χ2v) is 5.10. The minimum absolute atomic E-state index is 0.110. The summed E-state index contributed by atoms with van der Waals surface area (Å²) in [7, 11) is 0. The third kappa shape index (κ3) is 3.00. The molecule has 0 aromatic heterocycles. The zero-order chi connectivity index (χ0) is 14.8. The zero-order valence-electron chi connectivity index (χ0n) is 11.1. The van der Waals surface area contributed by atoms with Crippen LogP contribution in [0.4, 0.5) is 4.39 Å². The number of ketones is 1. The molecule has 0 bridgehead atoms. The van der Waals surface area contributed by atoms with Gasteiger partial charge in [0.1, 0.15) is 19.0 Å². The van der Waals surface area contributed by atoms with Crippen molar-refractivity contribution in [3.05, 3.63) is 58.4 Å². The van der Waals surface area contributed by atoms with Crippen molar-refractivity contribution in [2.24, 2.45) is 0 Å². The number of benzene rings is 2. The molecule has 5 heteroatoms. The summed E-state index contributed by atoms with van der Waals surface area (Å²) in [6, 6.07) is 9.08. The molecule has 0 fully saturated rings. The third-order valence-electron chi connectivity index (χ3n) is 3.23. The topological polar surface area (TPSA) is 35.5 Å². The molecule has 3 nitrogen and oxygen atoms in total. The number of fused-ring (bicyclic) bond motifs is 1. The van der Waals surface area contributed by atoms with E-state index in [1.165, 1.54) is 18.2 Å². The Kier molecular flexibility index (Phi) is 3.80. The number of halogens is 2. The standard InChI is InChI=1S/C16H12ClFO3/c17-13-9-12(18)3-1-10(13)7-14(19)11-2-4-15-16(8-11)21-6-5-20-15/h1-4,8-9H,5-7H2. The number of rotatable bonds is 3. The van der Waals surface area contributed by atoms with Crippen LogP contribution in [0.5, 0.6) is 11.5 Å². The van der Waals surface area contributed by atoms with E-state index in [2.05, 4.69) is 0 Å². The van der Waals surface area contributed by atoms with Crippen molar-refractivity contribution in [3.8, 4) is 11.5 Å². The second kappa shape index (κ2) is 5.74. The molecular formula is C16H12ClFO3. The lowest BCUT2D eigenvalue weighted by Crippen LogP contribution is -2.16. The molecule has 0 radical (unpaired) electrons. The second-order valence-electron chi connectivity index (χ2n) is 4.69. The van der Waals surface area contributed by atoms with Gasteiger partial charge in [-0.25, -0.2) is 4.39 Å². The van der Waals surface area contributed by atoms with E-state index in [0.29, 0.717) is 35.8 Å². The molecule has 2 aromatic carbocycles. The molecule has 0 unspecified atom stereocenters. The molecular weight excluding hydrogens is 295 g/mol. The third-order valence-corrected chi connectivity index (χ3v) is 3.58. The maximum absolute atomic E-state index is 13.0. The van der Waals surface area contributed by atoms with E-state index in [9.17, 15) is 9.18 Å². The van der Waals surface area contributed by atoms with Crippen LogP contribution in [0.1, 0.15) is 15.9 Å². The molecule has 2 aromatic rings.